The van der Waals surface area contributed by atoms with Crippen LogP contribution >= 0.6 is 0 Å². The number of rotatable bonds is 10. The zero-order valence-electron chi connectivity index (χ0n) is 18.4. The highest BCUT2D eigenvalue weighted by molar-refractivity contribution is 5.79. The van der Waals surface area contributed by atoms with Gasteiger partial charge in [-0.15, -0.1) is 0 Å². The molecule has 1 unspecified atom stereocenters. The van der Waals surface area contributed by atoms with E-state index in [0.717, 1.165) is 64.0 Å². The number of morpholine rings is 1. The van der Waals surface area contributed by atoms with Gasteiger partial charge in [0, 0.05) is 38.6 Å². The van der Waals surface area contributed by atoms with Crippen LogP contribution in [0.2, 0.25) is 0 Å². The van der Waals surface area contributed by atoms with Crippen molar-refractivity contribution in [2.75, 3.05) is 45.9 Å². The van der Waals surface area contributed by atoms with Gasteiger partial charge in [-0.3, -0.25) is 15.0 Å². The fourth-order valence-electron chi connectivity index (χ4n) is 3.59. The lowest BCUT2D eigenvalue weighted by Gasteiger charge is -2.34. The van der Waals surface area contributed by atoms with E-state index in [1.54, 1.807) is 6.26 Å². The molecule has 1 atom stereocenters. The van der Waals surface area contributed by atoms with Crippen molar-refractivity contribution in [2.45, 2.75) is 39.7 Å². The topological polar surface area (TPSA) is 104 Å². The van der Waals surface area contributed by atoms with Crippen molar-refractivity contribution in [2.24, 2.45) is 10.9 Å². The van der Waals surface area contributed by atoms with Gasteiger partial charge in [-0.05, 0) is 31.4 Å². The summed E-state index contributed by atoms with van der Waals surface area (Å²) in [6.45, 7) is 12.5. The summed E-state index contributed by atoms with van der Waals surface area (Å²) < 4.78 is 10.9. The van der Waals surface area contributed by atoms with Gasteiger partial charge in [0.2, 0.25) is 5.82 Å². The Hall–Kier alpha value is -2.39. The Morgan fingerprint density at radius 2 is 2.13 bits per heavy atom. The van der Waals surface area contributed by atoms with E-state index in [4.69, 9.17) is 14.1 Å². The monoisotopic (exact) mass is 417 g/mol. The largest absolute Gasteiger partial charge is 0.461 e. The third kappa shape index (κ3) is 6.84. The Kier molecular flexibility index (Phi) is 8.70. The third-order valence-corrected chi connectivity index (χ3v) is 5.04. The molecule has 0 bridgehead atoms. The first-order valence-corrected chi connectivity index (χ1v) is 10.9. The van der Waals surface area contributed by atoms with Crippen LogP contribution in [0.15, 0.2) is 27.8 Å². The van der Waals surface area contributed by atoms with E-state index < -0.39 is 0 Å². The second-order valence-corrected chi connectivity index (χ2v) is 7.91. The summed E-state index contributed by atoms with van der Waals surface area (Å²) in [6.07, 6.45) is 3.48. The van der Waals surface area contributed by atoms with E-state index in [0.29, 0.717) is 30.1 Å². The predicted octanol–water partition coefficient (Wildman–Crippen LogP) is 1.91. The lowest BCUT2D eigenvalue weighted by atomic mass is 10.0. The molecule has 0 radical (unpaired) electrons. The maximum absolute atomic E-state index is 5.52. The van der Waals surface area contributed by atoms with Crippen molar-refractivity contribution in [1.29, 1.82) is 0 Å². The Bertz CT molecular complexity index is 751. The van der Waals surface area contributed by atoms with Gasteiger partial charge in [-0.2, -0.15) is 5.10 Å². The minimum Gasteiger partial charge on any atom is -0.461 e. The Morgan fingerprint density at radius 1 is 1.30 bits per heavy atom. The molecular weight excluding hydrogens is 382 g/mol. The van der Waals surface area contributed by atoms with Gasteiger partial charge < -0.3 is 19.8 Å². The van der Waals surface area contributed by atoms with Crippen molar-refractivity contribution in [3.8, 4) is 11.6 Å². The second-order valence-electron chi connectivity index (χ2n) is 7.91. The highest BCUT2D eigenvalue weighted by Crippen LogP contribution is 2.15. The molecule has 0 spiro atoms. The van der Waals surface area contributed by atoms with Crippen LogP contribution in [-0.4, -0.2) is 78.0 Å². The van der Waals surface area contributed by atoms with Crippen LogP contribution in [0.1, 0.15) is 33.0 Å². The maximum atomic E-state index is 5.52. The van der Waals surface area contributed by atoms with Gasteiger partial charge in [-0.25, -0.2) is 4.98 Å². The van der Waals surface area contributed by atoms with E-state index in [1.807, 2.05) is 12.1 Å². The summed E-state index contributed by atoms with van der Waals surface area (Å²) >= 11 is 0. The quantitative estimate of drug-likeness (QED) is 0.401. The van der Waals surface area contributed by atoms with Crippen molar-refractivity contribution in [3.63, 3.8) is 0 Å². The van der Waals surface area contributed by atoms with Crippen LogP contribution in [0, 0.1) is 5.92 Å². The first-order chi connectivity index (χ1) is 14.7. The number of H-pyrrole nitrogens is 1. The summed E-state index contributed by atoms with van der Waals surface area (Å²) in [4.78, 5) is 11.9. The fraction of sp³-hybridized carbons (Fsp3) is 0.667. The molecule has 0 aromatic carbocycles. The zero-order valence-corrected chi connectivity index (χ0v) is 18.4. The molecule has 3 N–H and O–H groups in total. The standard InChI is InChI=1S/C21H35N7O2/c1-4-22-21(24-15-17(14-16(2)3)28-9-12-29-13-10-28)23-8-7-19-25-20(27-26-19)18-6-5-11-30-18/h5-6,11,16-17H,4,7-10,12-15H2,1-3H3,(H2,22,23,24)(H,25,26,27). The number of guanidine groups is 1. The molecule has 1 aliphatic heterocycles. The predicted molar refractivity (Wildman–Crippen MR) is 117 cm³/mol. The summed E-state index contributed by atoms with van der Waals surface area (Å²) in [5, 5.41) is 13.9. The van der Waals surface area contributed by atoms with Gasteiger partial charge >= 0.3 is 0 Å². The summed E-state index contributed by atoms with van der Waals surface area (Å²) in [7, 11) is 0. The number of ether oxygens (including phenoxy) is 1. The van der Waals surface area contributed by atoms with E-state index in [2.05, 4.69) is 51.5 Å². The van der Waals surface area contributed by atoms with Crippen LogP contribution in [0.4, 0.5) is 0 Å². The second kappa shape index (κ2) is 11.7. The molecule has 30 heavy (non-hydrogen) atoms. The Balaban J connectivity index is 1.52. The number of hydrogen-bond donors (Lipinski definition) is 3. The SMILES string of the molecule is CCNC(=NCC(CC(C)C)N1CCOCC1)NCCc1nc(-c2ccco2)n[nH]1. The average Bonchev–Trinajstić information content (AvgIpc) is 3.43. The molecule has 9 nitrogen and oxygen atoms in total. The van der Waals surface area contributed by atoms with Gasteiger partial charge in [-0.1, -0.05) is 13.8 Å². The zero-order chi connectivity index (χ0) is 21.2. The first-order valence-electron chi connectivity index (χ1n) is 10.9. The van der Waals surface area contributed by atoms with E-state index in [9.17, 15) is 0 Å². The molecule has 3 rings (SSSR count). The maximum Gasteiger partial charge on any atom is 0.216 e. The smallest absolute Gasteiger partial charge is 0.216 e. The third-order valence-electron chi connectivity index (χ3n) is 5.04. The van der Waals surface area contributed by atoms with Crippen molar-refractivity contribution in [1.82, 2.24) is 30.7 Å². The molecule has 0 aliphatic carbocycles. The van der Waals surface area contributed by atoms with Crippen LogP contribution in [0.3, 0.4) is 0 Å². The van der Waals surface area contributed by atoms with Gasteiger partial charge in [0.1, 0.15) is 5.82 Å². The molecule has 3 heterocycles. The van der Waals surface area contributed by atoms with Crippen molar-refractivity contribution in [3.05, 3.63) is 24.2 Å². The number of nitrogens with zero attached hydrogens (tertiary/aromatic N) is 4. The molecule has 1 fully saturated rings. The number of aromatic amines is 1. The van der Waals surface area contributed by atoms with Gasteiger partial charge in [0.25, 0.3) is 0 Å². The molecule has 0 amide bonds. The minimum absolute atomic E-state index is 0.439. The van der Waals surface area contributed by atoms with E-state index in [-0.39, 0.29) is 0 Å². The lowest BCUT2D eigenvalue weighted by molar-refractivity contribution is 0.0143. The number of nitrogens with one attached hydrogen (secondary N) is 3. The van der Waals surface area contributed by atoms with Crippen LogP contribution in [-0.2, 0) is 11.2 Å². The van der Waals surface area contributed by atoms with Crippen molar-refractivity contribution >= 4 is 5.96 Å². The lowest BCUT2D eigenvalue weighted by Crippen LogP contribution is -2.46. The molecule has 0 saturated carbocycles. The molecular formula is C21H35N7O2. The van der Waals surface area contributed by atoms with Crippen LogP contribution < -0.4 is 10.6 Å². The Morgan fingerprint density at radius 3 is 2.83 bits per heavy atom. The van der Waals surface area contributed by atoms with Gasteiger partial charge in [0.15, 0.2) is 11.7 Å². The average molecular weight is 418 g/mol. The number of aliphatic imine (C=N–C) groups is 1. The van der Waals surface area contributed by atoms with E-state index in [1.165, 1.54) is 0 Å². The summed E-state index contributed by atoms with van der Waals surface area (Å²) in [5.74, 6) is 3.54. The normalized spacial score (nSPS) is 16.7. The Labute approximate surface area is 178 Å². The summed E-state index contributed by atoms with van der Waals surface area (Å²) in [5.41, 5.74) is 0. The fourth-order valence-corrected chi connectivity index (χ4v) is 3.59. The molecule has 2 aromatic rings. The first kappa shape index (κ1) is 22.3. The molecule has 2 aromatic heterocycles. The molecule has 166 valence electrons. The summed E-state index contributed by atoms with van der Waals surface area (Å²) in [6, 6.07) is 4.12. The molecule has 1 saturated heterocycles. The molecule has 9 heteroatoms. The van der Waals surface area contributed by atoms with Crippen LogP contribution in [0.25, 0.3) is 11.6 Å². The van der Waals surface area contributed by atoms with Crippen molar-refractivity contribution < 1.29 is 9.15 Å². The number of hydrogen-bond acceptors (Lipinski definition) is 6. The van der Waals surface area contributed by atoms with E-state index >= 15 is 0 Å². The minimum atomic E-state index is 0.439. The highest BCUT2D eigenvalue weighted by atomic mass is 16.5. The number of aromatic nitrogens is 3. The van der Waals surface area contributed by atoms with Crippen LogP contribution in [0.5, 0.6) is 0 Å². The van der Waals surface area contributed by atoms with Gasteiger partial charge in [0.05, 0.1) is 26.0 Å². The number of furan rings is 1. The molecule has 1 aliphatic rings. The highest BCUT2D eigenvalue weighted by Gasteiger charge is 2.21.